The number of halogens is 1. The van der Waals surface area contributed by atoms with Gasteiger partial charge in [0.2, 0.25) is 17.6 Å². The average molecular weight is 247 g/mol. The highest BCUT2D eigenvalue weighted by molar-refractivity contribution is 5.79. The van der Waals surface area contributed by atoms with Crippen LogP contribution in [0.1, 0.15) is 18.2 Å². The maximum absolute atomic E-state index is 13.5. The van der Waals surface area contributed by atoms with Crippen molar-refractivity contribution >= 4 is 5.91 Å². The summed E-state index contributed by atoms with van der Waals surface area (Å²) in [5, 5.41) is 6.44. The van der Waals surface area contributed by atoms with Gasteiger partial charge in [-0.1, -0.05) is 17.3 Å². The van der Waals surface area contributed by atoms with Crippen molar-refractivity contribution in [1.29, 1.82) is 0 Å². The lowest BCUT2D eigenvalue weighted by Gasteiger charge is -1.97. The molecule has 1 aromatic carbocycles. The fourth-order valence-corrected chi connectivity index (χ4v) is 1.93. The van der Waals surface area contributed by atoms with E-state index in [0.717, 1.165) is 0 Å². The molecule has 92 valence electrons. The number of hydrogen-bond donors (Lipinski definition) is 1. The molecule has 1 N–H and O–H groups in total. The Balaban J connectivity index is 1.90. The first kappa shape index (κ1) is 10.9. The van der Waals surface area contributed by atoms with Crippen molar-refractivity contribution in [2.75, 3.05) is 6.54 Å². The van der Waals surface area contributed by atoms with Crippen molar-refractivity contribution in [3.05, 3.63) is 36.0 Å². The van der Waals surface area contributed by atoms with Crippen molar-refractivity contribution in [1.82, 2.24) is 15.5 Å². The van der Waals surface area contributed by atoms with Crippen molar-refractivity contribution in [3.8, 4) is 11.4 Å². The number of nitrogens with zero attached hydrogens (tertiary/aromatic N) is 2. The molecule has 0 radical (unpaired) electrons. The zero-order chi connectivity index (χ0) is 12.5. The molecule has 1 amide bonds. The molecule has 1 aliphatic rings. The standard InChI is InChI=1S/C12H10FN3O2/c13-9-4-2-1-3-8(9)11-15-12(18-16-11)7-5-10(17)14-6-7/h1-4,7H,5-6H2,(H,14,17)/t7-/m1/s1. The quantitative estimate of drug-likeness (QED) is 0.872. The van der Waals surface area contributed by atoms with E-state index >= 15 is 0 Å². The fourth-order valence-electron chi connectivity index (χ4n) is 1.93. The second kappa shape index (κ2) is 4.21. The molecule has 1 saturated heterocycles. The lowest BCUT2D eigenvalue weighted by molar-refractivity contribution is -0.119. The number of aromatic nitrogens is 2. The van der Waals surface area contributed by atoms with Gasteiger partial charge in [-0.2, -0.15) is 4.98 Å². The van der Waals surface area contributed by atoms with Crippen molar-refractivity contribution in [2.45, 2.75) is 12.3 Å². The van der Waals surface area contributed by atoms with Crippen LogP contribution in [0, 0.1) is 5.82 Å². The van der Waals surface area contributed by atoms with Gasteiger partial charge in [0.05, 0.1) is 11.5 Å². The Morgan fingerprint density at radius 2 is 2.22 bits per heavy atom. The first-order valence-corrected chi connectivity index (χ1v) is 5.59. The van der Waals surface area contributed by atoms with Crippen LogP contribution < -0.4 is 5.32 Å². The monoisotopic (exact) mass is 247 g/mol. The summed E-state index contributed by atoms with van der Waals surface area (Å²) in [5.74, 6) is 0.0238. The van der Waals surface area contributed by atoms with E-state index in [1.54, 1.807) is 18.2 Å². The van der Waals surface area contributed by atoms with E-state index in [2.05, 4.69) is 15.5 Å². The Morgan fingerprint density at radius 3 is 2.94 bits per heavy atom. The predicted octanol–water partition coefficient (Wildman–Crippen LogP) is 1.48. The molecule has 2 heterocycles. The van der Waals surface area contributed by atoms with Gasteiger partial charge in [0, 0.05) is 13.0 Å². The van der Waals surface area contributed by atoms with E-state index in [9.17, 15) is 9.18 Å². The van der Waals surface area contributed by atoms with E-state index < -0.39 is 5.82 Å². The topological polar surface area (TPSA) is 68.0 Å². The lowest BCUT2D eigenvalue weighted by Crippen LogP contribution is -2.13. The van der Waals surface area contributed by atoms with E-state index in [-0.39, 0.29) is 17.6 Å². The molecule has 0 bridgehead atoms. The van der Waals surface area contributed by atoms with Crippen LogP contribution in [0.25, 0.3) is 11.4 Å². The van der Waals surface area contributed by atoms with Gasteiger partial charge in [-0.25, -0.2) is 4.39 Å². The highest BCUT2D eigenvalue weighted by atomic mass is 19.1. The SMILES string of the molecule is O=C1C[C@@H](c2nc(-c3ccccc3F)no2)CN1. The van der Waals surface area contributed by atoms with Crippen LogP contribution in [0.5, 0.6) is 0 Å². The van der Waals surface area contributed by atoms with Gasteiger partial charge in [0.1, 0.15) is 5.82 Å². The summed E-state index contributed by atoms with van der Waals surface area (Å²) >= 11 is 0. The first-order chi connectivity index (χ1) is 8.74. The zero-order valence-corrected chi connectivity index (χ0v) is 9.39. The number of nitrogens with one attached hydrogen (secondary N) is 1. The van der Waals surface area contributed by atoms with Gasteiger partial charge in [0.25, 0.3) is 0 Å². The summed E-state index contributed by atoms with van der Waals surface area (Å²) in [6.07, 6.45) is 0.332. The molecule has 1 aromatic heterocycles. The number of carbonyl (C=O) groups is 1. The number of amides is 1. The van der Waals surface area contributed by atoms with Gasteiger partial charge in [0.15, 0.2) is 0 Å². The predicted molar refractivity (Wildman–Crippen MR) is 60.1 cm³/mol. The largest absolute Gasteiger partial charge is 0.355 e. The number of carbonyl (C=O) groups excluding carboxylic acids is 1. The summed E-state index contributed by atoms with van der Waals surface area (Å²) in [7, 11) is 0. The molecule has 6 heteroatoms. The molecular weight excluding hydrogens is 237 g/mol. The summed E-state index contributed by atoms with van der Waals surface area (Å²) < 4.78 is 18.6. The summed E-state index contributed by atoms with van der Waals surface area (Å²) in [4.78, 5) is 15.2. The molecule has 3 rings (SSSR count). The molecule has 0 unspecified atom stereocenters. The first-order valence-electron chi connectivity index (χ1n) is 5.59. The molecule has 1 fully saturated rings. The van der Waals surface area contributed by atoms with Crippen LogP contribution in [0.2, 0.25) is 0 Å². The number of rotatable bonds is 2. The smallest absolute Gasteiger partial charge is 0.232 e. The van der Waals surface area contributed by atoms with Gasteiger partial charge in [-0.3, -0.25) is 4.79 Å². The van der Waals surface area contributed by atoms with Gasteiger partial charge < -0.3 is 9.84 Å². The Bertz CT molecular complexity index is 597. The molecule has 2 aromatic rings. The molecule has 0 aliphatic carbocycles. The maximum Gasteiger partial charge on any atom is 0.232 e. The van der Waals surface area contributed by atoms with E-state index in [0.29, 0.717) is 24.4 Å². The van der Waals surface area contributed by atoms with Crippen LogP contribution in [-0.2, 0) is 4.79 Å². The van der Waals surface area contributed by atoms with Crippen molar-refractivity contribution in [2.24, 2.45) is 0 Å². The van der Waals surface area contributed by atoms with Crippen molar-refractivity contribution in [3.63, 3.8) is 0 Å². The molecule has 1 atom stereocenters. The zero-order valence-electron chi connectivity index (χ0n) is 9.39. The van der Waals surface area contributed by atoms with Crippen LogP contribution in [0.4, 0.5) is 4.39 Å². The van der Waals surface area contributed by atoms with Crippen LogP contribution in [0.3, 0.4) is 0 Å². The molecular formula is C12H10FN3O2. The maximum atomic E-state index is 13.5. The Labute approximate surface area is 102 Å². The molecule has 18 heavy (non-hydrogen) atoms. The van der Waals surface area contributed by atoms with E-state index in [1.165, 1.54) is 6.07 Å². The van der Waals surface area contributed by atoms with Crippen molar-refractivity contribution < 1.29 is 13.7 Å². The van der Waals surface area contributed by atoms with Gasteiger partial charge in [-0.05, 0) is 12.1 Å². The molecule has 1 aliphatic heterocycles. The number of hydrogen-bond acceptors (Lipinski definition) is 4. The average Bonchev–Trinajstić information content (AvgIpc) is 2.98. The summed E-state index contributed by atoms with van der Waals surface area (Å²) in [6, 6.07) is 6.22. The normalized spacial score (nSPS) is 18.9. The minimum Gasteiger partial charge on any atom is -0.355 e. The second-order valence-corrected chi connectivity index (χ2v) is 4.14. The Kier molecular flexibility index (Phi) is 2.55. The lowest BCUT2D eigenvalue weighted by atomic mass is 10.1. The minimum absolute atomic E-state index is 0.0364. The second-order valence-electron chi connectivity index (χ2n) is 4.14. The molecule has 0 saturated carbocycles. The van der Waals surface area contributed by atoms with Gasteiger partial charge >= 0.3 is 0 Å². The van der Waals surface area contributed by atoms with Gasteiger partial charge in [-0.15, -0.1) is 0 Å². The summed E-state index contributed by atoms with van der Waals surface area (Å²) in [6.45, 7) is 0.484. The Hall–Kier alpha value is -2.24. The highest BCUT2D eigenvalue weighted by Crippen LogP contribution is 2.25. The third-order valence-electron chi connectivity index (χ3n) is 2.88. The van der Waals surface area contributed by atoms with Crippen LogP contribution in [0.15, 0.2) is 28.8 Å². The number of benzene rings is 1. The summed E-state index contributed by atoms with van der Waals surface area (Å²) in [5.41, 5.74) is 0.296. The molecule has 5 nitrogen and oxygen atoms in total. The highest BCUT2D eigenvalue weighted by Gasteiger charge is 2.28. The van der Waals surface area contributed by atoms with Crippen LogP contribution in [-0.4, -0.2) is 22.6 Å². The van der Waals surface area contributed by atoms with Crippen LogP contribution >= 0.6 is 0 Å². The van der Waals surface area contributed by atoms with E-state index in [1.807, 2.05) is 0 Å². The third kappa shape index (κ3) is 1.85. The minimum atomic E-state index is -0.398. The Morgan fingerprint density at radius 1 is 1.39 bits per heavy atom. The molecule has 0 spiro atoms. The van der Waals surface area contributed by atoms with E-state index in [4.69, 9.17) is 4.52 Å². The third-order valence-corrected chi connectivity index (χ3v) is 2.88. The fraction of sp³-hybridized carbons (Fsp3) is 0.250.